The van der Waals surface area contributed by atoms with Crippen LogP contribution in [0.15, 0.2) is 64.2 Å². The maximum atomic E-state index is 12.7. The van der Waals surface area contributed by atoms with E-state index in [1.807, 2.05) is 34.9 Å². The first kappa shape index (κ1) is 23.6. The van der Waals surface area contributed by atoms with Gasteiger partial charge in [-0.15, -0.1) is 0 Å². The van der Waals surface area contributed by atoms with Crippen molar-refractivity contribution in [1.29, 1.82) is 0 Å². The first-order chi connectivity index (χ1) is 17.2. The molecule has 7 heteroatoms. The van der Waals surface area contributed by atoms with E-state index in [2.05, 4.69) is 10.3 Å². The Labute approximate surface area is 205 Å². The van der Waals surface area contributed by atoms with Crippen molar-refractivity contribution in [1.82, 2.24) is 14.7 Å². The zero-order chi connectivity index (χ0) is 24.0. The van der Waals surface area contributed by atoms with Crippen molar-refractivity contribution < 1.29 is 9.15 Å². The van der Waals surface area contributed by atoms with Gasteiger partial charge in [-0.2, -0.15) is 0 Å². The van der Waals surface area contributed by atoms with E-state index in [4.69, 9.17) is 14.9 Å². The molecule has 0 radical (unpaired) electrons. The summed E-state index contributed by atoms with van der Waals surface area (Å²) in [5, 5.41) is 4.04. The lowest BCUT2D eigenvalue weighted by Gasteiger charge is -2.12. The molecule has 0 spiro atoms. The zero-order valence-electron chi connectivity index (χ0n) is 20.1. The molecule has 2 aliphatic carbocycles. The summed E-state index contributed by atoms with van der Waals surface area (Å²) < 4.78 is 13.7. The van der Waals surface area contributed by atoms with Crippen LogP contribution >= 0.6 is 0 Å². The van der Waals surface area contributed by atoms with E-state index in [1.54, 1.807) is 18.5 Å². The average molecular weight is 475 g/mol. The Bertz CT molecular complexity index is 1320. The molecule has 3 aromatic heterocycles. The second-order valence-corrected chi connectivity index (χ2v) is 9.58. The fourth-order valence-electron chi connectivity index (χ4n) is 4.94. The first-order valence-electron chi connectivity index (χ1n) is 12.8. The molecule has 7 nitrogen and oxygen atoms in total. The van der Waals surface area contributed by atoms with Crippen LogP contribution in [0.1, 0.15) is 51.4 Å². The molecule has 2 fully saturated rings. The zero-order valence-corrected chi connectivity index (χ0v) is 20.1. The summed E-state index contributed by atoms with van der Waals surface area (Å²) in [6.45, 7) is 1.39. The van der Waals surface area contributed by atoms with Gasteiger partial charge < -0.3 is 24.6 Å². The van der Waals surface area contributed by atoms with Crippen molar-refractivity contribution >= 4 is 16.5 Å². The lowest BCUT2D eigenvalue weighted by molar-refractivity contribution is 0.305. The molecule has 0 atom stereocenters. The number of aromatic nitrogens is 2. The normalized spacial score (nSPS) is 16.6. The van der Waals surface area contributed by atoms with E-state index < -0.39 is 0 Å². The monoisotopic (exact) mass is 474 g/mol. The van der Waals surface area contributed by atoms with Gasteiger partial charge in [0.15, 0.2) is 11.2 Å². The number of nitrogens with two attached hydrogens (primary N) is 1. The standard InChI is InChI=1S/C23H23N3O3.C5H11N/c27-21-14-23(20-12-17-6-3-10-26(17)15-25-20)29-22-8-7-18(13-19(21)22)28-11-9-24-16-4-1-2-5-16;6-5-3-1-2-4-5/h3,6-8,10,12-16,24H,1-2,4-5,9,11H2;5H,1-4,6H2. The third-order valence-corrected chi connectivity index (χ3v) is 6.93. The quantitative estimate of drug-likeness (QED) is 0.386. The van der Waals surface area contributed by atoms with Crippen LogP contribution in [0.25, 0.3) is 27.9 Å². The number of hydrogen-bond acceptors (Lipinski definition) is 6. The molecule has 3 heterocycles. The number of fused-ring (bicyclic) bond motifs is 2. The summed E-state index contributed by atoms with van der Waals surface area (Å²) in [4.78, 5) is 17.1. The molecule has 3 N–H and O–H groups in total. The average Bonchev–Trinajstić information content (AvgIpc) is 3.65. The maximum Gasteiger partial charge on any atom is 0.193 e. The minimum atomic E-state index is -0.104. The van der Waals surface area contributed by atoms with Crippen LogP contribution in [0.5, 0.6) is 5.75 Å². The van der Waals surface area contributed by atoms with Crippen molar-refractivity contribution in [3.63, 3.8) is 0 Å². The Morgan fingerprint density at radius 2 is 1.86 bits per heavy atom. The second kappa shape index (κ2) is 11.1. The van der Waals surface area contributed by atoms with Gasteiger partial charge in [0.2, 0.25) is 0 Å². The fraction of sp³-hybridized carbons (Fsp3) is 0.429. The van der Waals surface area contributed by atoms with Crippen molar-refractivity contribution in [2.45, 2.75) is 63.5 Å². The minimum Gasteiger partial charge on any atom is -0.492 e. The van der Waals surface area contributed by atoms with Crippen LogP contribution in [0, 0.1) is 0 Å². The largest absolute Gasteiger partial charge is 0.492 e. The highest BCUT2D eigenvalue weighted by Gasteiger charge is 2.14. The van der Waals surface area contributed by atoms with Crippen LogP contribution in [-0.4, -0.2) is 34.6 Å². The molecule has 4 aromatic rings. The van der Waals surface area contributed by atoms with E-state index in [1.165, 1.54) is 57.4 Å². The molecule has 1 aromatic carbocycles. The predicted octanol–water partition coefficient (Wildman–Crippen LogP) is 4.91. The molecule has 35 heavy (non-hydrogen) atoms. The second-order valence-electron chi connectivity index (χ2n) is 9.58. The Morgan fingerprint density at radius 3 is 2.63 bits per heavy atom. The van der Waals surface area contributed by atoms with Crippen molar-refractivity contribution in [2.75, 3.05) is 13.2 Å². The molecule has 184 valence electrons. The number of rotatable bonds is 6. The van der Waals surface area contributed by atoms with E-state index in [0.29, 0.717) is 46.9 Å². The summed E-state index contributed by atoms with van der Waals surface area (Å²) in [6.07, 6.45) is 14.0. The van der Waals surface area contributed by atoms with Crippen molar-refractivity contribution in [2.24, 2.45) is 5.73 Å². The SMILES string of the molecule is NC1CCCC1.O=c1cc(-c2cc3cccn3cn2)oc2ccc(OCCNC3CCCC3)cc12. The van der Waals surface area contributed by atoms with Crippen LogP contribution < -0.4 is 21.2 Å². The Kier molecular flexibility index (Phi) is 7.45. The number of nitrogens with zero attached hydrogens (tertiary/aromatic N) is 2. The van der Waals surface area contributed by atoms with Gasteiger partial charge in [0.05, 0.1) is 11.7 Å². The molecular formula is C28H34N4O3. The highest BCUT2D eigenvalue weighted by Crippen LogP contribution is 2.24. The summed E-state index contributed by atoms with van der Waals surface area (Å²) in [7, 11) is 0. The van der Waals surface area contributed by atoms with Gasteiger partial charge in [-0.3, -0.25) is 4.79 Å². The van der Waals surface area contributed by atoms with Gasteiger partial charge in [-0.1, -0.05) is 25.7 Å². The molecule has 6 rings (SSSR count). The molecule has 0 saturated heterocycles. The van der Waals surface area contributed by atoms with E-state index >= 15 is 0 Å². The van der Waals surface area contributed by atoms with Gasteiger partial charge in [0.25, 0.3) is 0 Å². The first-order valence-corrected chi connectivity index (χ1v) is 12.8. The highest BCUT2D eigenvalue weighted by molar-refractivity contribution is 5.80. The number of hydrogen-bond donors (Lipinski definition) is 2. The molecular weight excluding hydrogens is 440 g/mol. The fourth-order valence-corrected chi connectivity index (χ4v) is 4.94. The third-order valence-electron chi connectivity index (χ3n) is 6.93. The third kappa shape index (κ3) is 5.92. The van der Waals surface area contributed by atoms with Crippen LogP contribution in [-0.2, 0) is 0 Å². The summed E-state index contributed by atoms with van der Waals surface area (Å²) in [6, 6.07) is 13.9. The van der Waals surface area contributed by atoms with Crippen LogP contribution in [0.3, 0.4) is 0 Å². The van der Waals surface area contributed by atoms with Gasteiger partial charge in [-0.25, -0.2) is 4.98 Å². The summed E-state index contributed by atoms with van der Waals surface area (Å²) >= 11 is 0. The summed E-state index contributed by atoms with van der Waals surface area (Å²) in [5.74, 6) is 1.14. The Balaban J connectivity index is 0.000000371. The Hall–Kier alpha value is -3.16. The molecule has 2 aliphatic rings. The topological polar surface area (TPSA) is 94.8 Å². The van der Waals surface area contributed by atoms with Gasteiger partial charge >= 0.3 is 0 Å². The lowest BCUT2D eigenvalue weighted by Crippen LogP contribution is -2.30. The molecule has 0 bridgehead atoms. The molecule has 0 aliphatic heterocycles. The van der Waals surface area contributed by atoms with Gasteiger partial charge in [0, 0.05) is 36.4 Å². The highest BCUT2D eigenvalue weighted by atomic mass is 16.5. The smallest absolute Gasteiger partial charge is 0.193 e. The molecule has 2 saturated carbocycles. The number of benzene rings is 1. The maximum absolute atomic E-state index is 12.7. The molecule has 0 unspecified atom stereocenters. The van der Waals surface area contributed by atoms with Gasteiger partial charge in [0.1, 0.15) is 23.6 Å². The Morgan fingerprint density at radius 1 is 1.06 bits per heavy atom. The predicted molar refractivity (Wildman–Crippen MR) is 139 cm³/mol. The lowest BCUT2D eigenvalue weighted by atomic mass is 10.2. The van der Waals surface area contributed by atoms with E-state index in [9.17, 15) is 4.79 Å². The van der Waals surface area contributed by atoms with Crippen LogP contribution in [0.2, 0.25) is 0 Å². The number of ether oxygens (including phenoxy) is 1. The molecule has 0 amide bonds. The van der Waals surface area contributed by atoms with Crippen molar-refractivity contribution in [3.05, 3.63) is 65.2 Å². The summed E-state index contributed by atoms with van der Waals surface area (Å²) in [5.41, 5.74) is 7.59. The van der Waals surface area contributed by atoms with Crippen LogP contribution in [0.4, 0.5) is 0 Å². The van der Waals surface area contributed by atoms with E-state index in [0.717, 1.165) is 12.1 Å². The number of nitrogens with one attached hydrogen (secondary N) is 1. The van der Waals surface area contributed by atoms with E-state index in [-0.39, 0.29) is 5.43 Å². The van der Waals surface area contributed by atoms with Crippen molar-refractivity contribution in [3.8, 4) is 17.2 Å². The van der Waals surface area contributed by atoms with Gasteiger partial charge in [-0.05, 0) is 62.1 Å². The minimum absolute atomic E-state index is 0.104.